The number of para-hydroxylation sites is 1. The zero-order chi connectivity index (χ0) is 14.5. The molecular formula is C13H16N4O2S. The maximum absolute atomic E-state index is 11.0. The number of rotatable bonds is 6. The largest absolute Gasteiger partial charge is 0.310 e. The van der Waals surface area contributed by atoms with Crippen molar-refractivity contribution in [3.63, 3.8) is 0 Å². The molecule has 7 heteroatoms. The first-order valence-corrected chi connectivity index (χ1v) is 7.16. The van der Waals surface area contributed by atoms with Crippen molar-refractivity contribution in [1.29, 1.82) is 0 Å². The van der Waals surface area contributed by atoms with Gasteiger partial charge in [-0.15, -0.1) is 10.2 Å². The highest BCUT2D eigenvalue weighted by atomic mass is 32.1. The van der Waals surface area contributed by atoms with Crippen LogP contribution in [0.1, 0.15) is 18.9 Å². The van der Waals surface area contributed by atoms with E-state index in [2.05, 4.69) is 29.4 Å². The van der Waals surface area contributed by atoms with Crippen molar-refractivity contribution in [2.75, 3.05) is 6.54 Å². The fourth-order valence-electron chi connectivity index (χ4n) is 1.72. The summed E-state index contributed by atoms with van der Waals surface area (Å²) in [5, 5.41) is 23.8. The van der Waals surface area contributed by atoms with Crippen molar-refractivity contribution in [2.24, 2.45) is 5.92 Å². The van der Waals surface area contributed by atoms with Crippen LogP contribution < -0.4 is 5.32 Å². The van der Waals surface area contributed by atoms with Crippen molar-refractivity contribution >= 4 is 17.0 Å². The van der Waals surface area contributed by atoms with E-state index in [4.69, 9.17) is 0 Å². The van der Waals surface area contributed by atoms with E-state index in [1.807, 2.05) is 0 Å². The lowest BCUT2D eigenvalue weighted by atomic mass is 10.2. The van der Waals surface area contributed by atoms with Crippen LogP contribution >= 0.6 is 11.3 Å². The predicted molar refractivity (Wildman–Crippen MR) is 78.5 cm³/mol. The topological polar surface area (TPSA) is 81.0 Å². The Morgan fingerprint density at radius 3 is 2.80 bits per heavy atom. The summed E-state index contributed by atoms with van der Waals surface area (Å²) in [7, 11) is 0. The van der Waals surface area contributed by atoms with Crippen LogP contribution in [-0.4, -0.2) is 21.7 Å². The highest BCUT2D eigenvalue weighted by molar-refractivity contribution is 7.14. The number of aromatic nitrogens is 2. The average Bonchev–Trinajstić information content (AvgIpc) is 2.87. The Labute approximate surface area is 121 Å². The molecule has 0 unspecified atom stereocenters. The number of nitrogens with one attached hydrogen (secondary N) is 1. The van der Waals surface area contributed by atoms with Gasteiger partial charge in [-0.1, -0.05) is 37.3 Å². The van der Waals surface area contributed by atoms with Gasteiger partial charge in [-0.3, -0.25) is 10.1 Å². The molecule has 106 valence electrons. The van der Waals surface area contributed by atoms with Crippen molar-refractivity contribution in [1.82, 2.24) is 15.5 Å². The Kier molecular flexibility index (Phi) is 4.75. The molecule has 2 aromatic rings. The minimum Gasteiger partial charge on any atom is -0.310 e. The van der Waals surface area contributed by atoms with Crippen LogP contribution in [0.2, 0.25) is 0 Å². The first kappa shape index (κ1) is 14.5. The van der Waals surface area contributed by atoms with Crippen molar-refractivity contribution in [2.45, 2.75) is 20.4 Å². The highest BCUT2D eigenvalue weighted by Gasteiger charge is 2.17. The fourth-order valence-corrected chi connectivity index (χ4v) is 2.56. The first-order chi connectivity index (χ1) is 9.58. The van der Waals surface area contributed by atoms with Gasteiger partial charge in [0.1, 0.15) is 5.01 Å². The molecule has 0 radical (unpaired) electrons. The van der Waals surface area contributed by atoms with Gasteiger partial charge >= 0.3 is 0 Å². The smallest absolute Gasteiger partial charge is 0.279 e. The molecule has 1 heterocycles. The van der Waals surface area contributed by atoms with E-state index in [-0.39, 0.29) is 5.69 Å². The van der Waals surface area contributed by atoms with Gasteiger partial charge in [0.05, 0.1) is 10.5 Å². The summed E-state index contributed by atoms with van der Waals surface area (Å²) in [6.07, 6.45) is 0. The van der Waals surface area contributed by atoms with E-state index in [0.717, 1.165) is 11.6 Å². The second-order valence-electron chi connectivity index (χ2n) is 4.80. The Morgan fingerprint density at radius 2 is 2.10 bits per heavy atom. The third kappa shape index (κ3) is 3.58. The molecule has 20 heavy (non-hydrogen) atoms. The molecule has 0 saturated carbocycles. The minimum atomic E-state index is -0.395. The number of hydrogen-bond donors (Lipinski definition) is 1. The van der Waals surface area contributed by atoms with E-state index < -0.39 is 4.92 Å². The number of hydrogen-bond acceptors (Lipinski definition) is 6. The average molecular weight is 292 g/mol. The summed E-state index contributed by atoms with van der Waals surface area (Å²) < 4.78 is 0. The number of nitrogens with zero attached hydrogens (tertiary/aromatic N) is 3. The van der Waals surface area contributed by atoms with Crippen LogP contribution in [0.25, 0.3) is 10.6 Å². The zero-order valence-electron chi connectivity index (χ0n) is 11.4. The Morgan fingerprint density at radius 1 is 1.35 bits per heavy atom. The lowest BCUT2D eigenvalue weighted by Gasteiger charge is -2.03. The van der Waals surface area contributed by atoms with Gasteiger partial charge in [0, 0.05) is 12.6 Å². The monoisotopic (exact) mass is 292 g/mol. The molecule has 1 N–H and O–H groups in total. The molecule has 0 amide bonds. The van der Waals surface area contributed by atoms with Crippen LogP contribution in [0, 0.1) is 16.0 Å². The summed E-state index contributed by atoms with van der Waals surface area (Å²) >= 11 is 1.38. The lowest BCUT2D eigenvalue weighted by molar-refractivity contribution is -0.384. The van der Waals surface area contributed by atoms with E-state index in [0.29, 0.717) is 23.0 Å². The molecule has 1 aromatic heterocycles. The minimum absolute atomic E-state index is 0.0605. The van der Waals surface area contributed by atoms with Crippen LogP contribution in [-0.2, 0) is 6.54 Å². The van der Waals surface area contributed by atoms with Gasteiger partial charge in [0.15, 0.2) is 5.01 Å². The van der Waals surface area contributed by atoms with Crippen LogP contribution in [0.5, 0.6) is 0 Å². The van der Waals surface area contributed by atoms with Crippen molar-refractivity contribution in [3.05, 3.63) is 39.4 Å². The molecule has 0 aliphatic heterocycles. The summed E-state index contributed by atoms with van der Waals surface area (Å²) in [6, 6.07) is 6.59. The quantitative estimate of drug-likeness (QED) is 0.654. The first-order valence-electron chi connectivity index (χ1n) is 6.35. The normalized spacial score (nSPS) is 10.9. The third-order valence-corrected chi connectivity index (χ3v) is 3.58. The van der Waals surface area contributed by atoms with Gasteiger partial charge in [-0.25, -0.2) is 0 Å². The third-order valence-electron chi connectivity index (χ3n) is 2.63. The maximum atomic E-state index is 11.0. The van der Waals surface area contributed by atoms with Gasteiger partial charge in [-0.2, -0.15) is 0 Å². The SMILES string of the molecule is CC(C)CNCc1nnc(-c2ccccc2[N+](=O)[O-])s1. The molecule has 0 aliphatic rings. The highest BCUT2D eigenvalue weighted by Crippen LogP contribution is 2.31. The van der Waals surface area contributed by atoms with Gasteiger partial charge in [-0.05, 0) is 18.5 Å². The standard InChI is InChI=1S/C13H16N4O2S/c1-9(2)7-14-8-12-15-16-13(20-12)10-5-3-4-6-11(10)17(18)19/h3-6,9,14H,7-8H2,1-2H3. The molecule has 0 atom stereocenters. The molecule has 1 aromatic carbocycles. The van der Waals surface area contributed by atoms with Gasteiger partial charge in [0.25, 0.3) is 5.69 Å². The van der Waals surface area contributed by atoms with E-state index in [1.165, 1.54) is 17.4 Å². The molecule has 0 spiro atoms. The Bertz CT molecular complexity index is 598. The van der Waals surface area contributed by atoms with Crippen LogP contribution in [0.3, 0.4) is 0 Å². The van der Waals surface area contributed by atoms with Crippen molar-refractivity contribution in [3.8, 4) is 10.6 Å². The van der Waals surface area contributed by atoms with E-state index >= 15 is 0 Å². The molecule has 0 bridgehead atoms. The van der Waals surface area contributed by atoms with E-state index in [1.54, 1.807) is 18.2 Å². The maximum Gasteiger partial charge on any atom is 0.279 e. The summed E-state index contributed by atoms with van der Waals surface area (Å²) in [5.74, 6) is 0.567. The lowest BCUT2D eigenvalue weighted by Crippen LogP contribution is -2.18. The summed E-state index contributed by atoms with van der Waals surface area (Å²) in [4.78, 5) is 10.6. The number of nitro groups is 1. The molecule has 0 fully saturated rings. The number of benzene rings is 1. The number of nitro benzene ring substituents is 1. The van der Waals surface area contributed by atoms with Crippen LogP contribution in [0.15, 0.2) is 24.3 Å². The summed E-state index contributed by atoms with van der Waals surface area (Å²) in [5.41, 5.74) is 0.579. The van der Waals surface area contributed by atoms with Gasteiger partial charge in [0.2, 0.25) is 0 Å². The van der Waals surface area contributed by atoms with E-state index in [9.17, 15) is 10.1 Å². The fraction of sp³-hybridized carbons (Fsp3) is 0.385. The predicted octanol–water partition coefficient (Wildman–Crippen LogP) is 2.86. The summed E-state index contributed by atoms with van der Waals surface area (Å²) in [6.45, 7) is 5.80. The second-order valence-corrected chi connectivity index (χ2v) is 5.86. The van der Waals surface area contributed by atoms with Gasteiger partial charge < -0.3 is 5.32 Å². The second kappa shape index (κ2) is 6.53. The Balaban J connectivity index is 2.15. The molecule has 0 saturated heterocycles. The molecule has 0 aliphatic carbocycles. The Hall–Kier alpha value is -1.86. The zero-order valence-corrected chi connectivity index (χ0v) is 12.2. The molecular weight excluding hydrogens is 276 g/mol. The molecule has 6 nitrogen and oxygen atoms in total. The van der Waals surface area contributed by atoms with Crippen LogP contribution in [0.4, 0.5) is 5.69 Å². The van der Waals surface area contributed by atoms with Crippen molar-refractivity contribution < 1.29 is 4.92 Å². The molecule has 2 rings (SSSR count).